The van der Waals surface area contributed by atoms with Crippen molar-refractivity contribution in [3.8, 4) is 11.8 Å². The average Bonchev–Trinajstić information content (AvgIpc) is 2.28. The van der Waals surface area contributed by atoms with Gasteiger partial charge in [0.1, 0.15) is 5.82 Å². The Labute approximate surface area is 101 Å². The molecule has 0 spiro atoms. The van der Waals surface area contributed by atoms with Crippen LogP contribution in [0.15, 0.2) is 18.2 Å². The smallest absolute Gasteiger partial charge is 0.141 e. The first-order valence-electron chi connectivity index (χ1n) is 5.27. The van der Waals surface area contributed by atoms with Crippen LogP contribution in [-0.4, -0.2) is 6.54 Å². The number of hydrogen-bond donors (Lipinski definition) is 1. The summed E-state index contributed by atoms with van der Waals surface area (Å²) in [5, 5.41) is 3.45. The van der Waals surface area contributed by atoms with E-state index in [1.807, 2.05) is 6.92 Å². The summed E-state index contributed by atoms with van der Waals surface area (Å²) in [6.07, 6.45) is 0.701. The van der Waals surface area contributed by atoms with E-state index in [2.05, 4.69) is 17.2 Å². The van der Waals surface area contributed by atoms with Gasteiger partial charge in [0, 0.05) is 12.5 Å². The standard InChI is InChI=1S/C13H15ClFN/c1-3-5-6-13(16-4-2)10-7-8-12(15)11(14)9-10/h7-9,13,16H,4,6H2,1-2H3. The first-order chi connectivity index (χ1) is 7.69. The minimum atomic E-state index is -0.387. The molecule has 0 radical (unpaired) electrons. The molecule has 0 amide bonds. The Morgan fingerprint density at radius 2 is 2.25 bits per heavy atom. The number of nitrogens with one attached hydrogen (secondary N) is 1. The highest BCUT2D eigenvalue weighted by atomic mass is 35.5. The Balaban J connectivity index is 2.89. The fourth-order valence-corrected chi connectivity index (χ4v) is 1.68. The Kier molecular flexibility index (Phi) is 5.31. The monoisotopic (exact) mass is 239 g/mol. The first kappa shape index (κ1) is 13.0. The summed E-state index contributed by atoms with van der Waals surface area (Å²) < 4.78 is 13.0. The summed E-state index contributed by atoms with van der Waals surface area (Å²) in [4.78, 5) is 0. The summed E-state index contributed by atoms with van der Waals surface area (Å²) >= 11 is 5.75. The zero-order valence-electron chi connectivity index (χ0n) is 9.48. The van der Waals surface area contributed by atoms with Gasteiger partial charge in [0.2, 0.25) is 0 Å². The second-order valence-electron chi connectivity index (χ2n) is 3.41. The molecule has 1 aromatic carbocycles. The van der Waals surface area contributed by atoms with E-state index < -0.39 is 0 Å². The van der Waals surface area contributed by atoms with Crippen LogP contribution in [0.4, 0.5) is 4.39 Å². The van der Waals surface area contributed by atoms with E-state index in [9.17, 15) is 4.39 Å². The third-order valence-electron chi connectivity index (χ3n) is 2.28. The first-order valence-corrected chi connectivity index (χ1v) is 5.64. The fraction of sp³-hybridized carbons (Fsp3) is 0.385. The van der Waals surface area contributed by atoms with Crippen LogP contribution < -0.4 is 5.32 Å². The predicted molar refractivity (Wildman–Crippen MR) is 65.9 cm³/mol. The van der Waals surface area contributed by atoms with Gasteiger partial charge in [-0.25, -0.2) is 4.39 Å². The van der Waals surface area contributed by atoms with Crippen LogP contribution >= 0.6 is 11.6 Å². The lowest BCUT2D eigenvalue weighted by Crippen LogP contribution is -2.20. The Morgan fingerprint density at radius 1 is 1.50 bits per heavy atom. The van der Waals surface area contributed by atoms with Crippen molar-refractivity contribution >= 4 is 11.6 Å². The molecule has 0 saturated heterocycles. The summed E-state index contributed by atoms with van der Waals surface area (Å²) in [5.41, 5.74) is 0.969. The average molecular weight is 240 g/mol. The summed E-state index contributed by atoms with van der Waals surface area (Å²) in [6.45, 7) is 4.67. The molecule has 0 bridgehead atoms. The second kappa shape index (κ2) is 6.52. The van der Waals surface area contributed by atoms with Crippen LogP contribution in [-0.2, 0) is 0 Å². The number of halogens is 2. The van der Waals surface area contributed by atoms with Gasteiger partial charge in [0.15, 0.2) is 0 Å². The van der Waals surface area contributed by atoms with Crippen LogP contribution in [0.3, 0.4) is 0 Å². The van der Waals surface area contributed by atoms with Gasteiger partial charge in [0.05, 0.1) is 5.02 Å². The molecular weight excluding hydrogens is 225 g/mol. The highest BCUT2D eigenvalue weighted by Crippen LogP contribution is 2.22. The molecule has 0 aromatic heterocycles. The van der Waals surface area contributed by atoms with Crippen LogP contribution in [0.25, 0.3) is 0 Å². The summed E-state index contributed by atoms with van der Waals surface area (Å²) in [5.74, 6) is 5.48. The third kappa shape index (κ3) is 3.52. The summed E-state index contributed by atoms with van der Waals surface area (Å²) in [6, 6.07) is 4.89. The van der Waals surface area contributed by atoms with Crippen molar-refractivity contribution in [2.24, 2.45) is 0 Å². The molecular formula is C13H15ClFN. The maximum atomic E-state index is 13.0. The lowest BCUT2D eigenvalue weighted by molar-refractivity contribution is 0.562. The van der Waals surface area contributed by atoms with E-state index in [0.717, 1.165) is 12.1 Å². The maximum absolute atomic E-state index is 13.0. The third-order valence-corrected chi connectivity index (χ3v) is 2.57. The van der Waals surface area contributed by atoms with Crippen molar-refractivity contribution < 1.29 is 4.39 Å². The molecule has 0 fully saturated rings. The van der Waals surface area contributed by atoms with Crippen molar-refractivity contribution in [2.75, 3.05) is 6.54 Å². The Hall–Kier alpha value is -1.04. The van der Waals surface area contributed by atoms with E-state index in [1.165, 1.54) is 6.07 Å². The number of benzene rings is 1. The van der Waals surface area contributed by atoms with Gasteiger partial charge in [0.25, 0.3) is 0 Å². The molecule has 1 nitrogen and oxygen atoms in total. The highest BCUT2D eigenvalue weighted by molar-refractivity contribution is 6.30. The van der Waals surface area contributed by atoms with Crippen LogP contribution in [0.5, 0.6) is 0 Å². The highest BCUT2D eigenvalue weighted by Gasteiger charge is 2.10. The maximum Gasteiger partial charge on any atom is 0.141 e. The molecule has 0 aliphatic heterocycles. The van der Waals surface area contributed by atoms with Gasteiger partial charge in [-0.15, -0.1) is 11.8 Å². The number of rotatable bonds is 4. The topological polar surface area (TPSA) is 12.0 Å². The quantitative estimate of drug-likeness (QED) is 0.793. The largest absolute Gasteiger partial charge is 0.309 e. The predicted octanol–water partition coefficient (Wildman–Crippen LogP) is 3.54. The SMILES string of the molecule is CC#CCC(NCC)c1ccc(F)c(Cl)c1. The molecule has 1 rings (SSSR count). The lowest BCUT2D eigenvalue weighted by atomic mass is 10.0. The molecule has 1 atom stereocenters. The molecule has 3 heteroatoms. The Bertz CT molecular complexity index is 406. The van der Waals surface area contributed by atoms with Crippen molar-refractivity contribution in [3.63, 3.8) is 0 Å². The van der Waals surface area contributed by atoms with Crippen LogP contribution in [0.2, 0.25) is 5.02 Å². The molecule has 16 heavy (non-hydrogen) atoms. The van der Waals surface area contributed by atoms with Gasteiger partial charge < -0.3 is 5.32 Å². The lowest BCUT2D eigenvalue weighted by Gasteiger charge is -2.16. The molecule has 1 aromatic rings. The van der Waals surface area contributed by atoms with E-state index in [4.69, 9.17) is 11.6 Å². The second-order valence-corrected chi connectivity index (χ2v) is 3.82. The van der Waals surface area contributed by atoms with Gasteiger partial charge in [-0.05, 0) is 31.2 Å². The zero-order chi connectivity index (χ0) is 12.0. The molecule has 86 valence electrons. The zero-order valence-corrected chi connectivity index (χ0v) is 10.2. The molecule has 0 heterocycles. The molecule has 0 aliphatic rings. The minimum absolute atomic E-state index is 0.107. The molecule has 1 N–H and O–H groups in total. The van der Waals surface area contributed by atoms with Gasteiger partial charge in [-0.1, -0.05) is 24.6 Å². The van der Waals surface area contributed by atoms with Crippen molar-refractivity contribution in [1.29, 1.82) is 0 Å². The van der Waals surface area contributed by atoms with Crippen LogP contribution in [0, 0.1) is 17.7 Å². The van der Waals surface area contributed by atoms with E-state index in [-0.39, 0.29) is 16.9 Å². The Morgan fingerprint density at radius 3 is 2.81 bits per heavy atom. The van der Waals surface area contributed by atoms with E-state index in [1.54, 1.807) is 19.1 Å². The van der Waals surface area contributed by atoms with E-state index in [0.29, 0.717) is 6.42 Å². The van der Waals surface area contributed by atoms with E-state index >= 15 is 0 Å². The van der Waals surface area contributed by atoms with Gasteiger partial charge in [-0.3, -0.25) is 0 Å². The van der Waals surface area contributed by atoms with Crippen LogP contribution in [0.1, 0.15) is 31.9 Å². The molecule has 0 saturated carbocycles. The normalized spacial score (nSPS) is 11.8. The summed E-state index contributed by atoms with van der Waals surface area (Å²) in [7, 11) is 0. The number of hydrogen-bond acceptors (Lipinski definition) is 1. The minimum Gasteiger partial charge on any atom is -0.309 e. The molecule has 1 unspecified atom stereocenters. The van der Waals surface area contributed by atoms with Crippen molar-refractivity contribution in [1.82, 2.24) is 5.32 Å². The molecule has 0 aliphatic carbocycles. The van der Waals surface area contributed by atoms with Gasteiger partial charge in [-0.2, -0.15) is 0 Å². The fourth-order valence-electron chi connectivity index (χ4n) is 1.49. The van der Waals surface area contributed by atoms with Gasteiger partial charge >= 0.3 is 0 Å². The van der Waals surface area contributed by atoms with Crippen molar-refractivity contribution in [3.05, 3.63) is 34.6 Å². The van der Waals surface area contributed by atoms with Crippen molar-refractivity contribution in [2.45, 2.75) is 26.3 Å².